The lowest BCUT2D eigenvalue weighted by Gasteiger charge is -2.12. The van der Waals surface area contributed by atoms with Crippen molar-refractivity contribution in [3.8, 4) is 17.2 Å². The fourth-order valence-corrected chi connectivity index (χ4v) is 4.26. The SMILES string of the molecule is CCOc1ccc(N=C2SC(=Cc3cc(OC)c(OCC)cc3Cl)C(=O)N2CC)cc1. The fourth-order valence-electron chi connectivity index (χ4n) is 2.99. The number of hydrogen-bond donors (Lipinski definition) is 0. The highest BCUT2D eigenvalue weighted by atomic mass is 35.5. The molecule has 0 radical (unpaired) electrons. The molecule has 0 saturated carbocycles. The Morgan fingerprint density at radius 1 is 1.06 bits per heavy atom. The summed E-state index contributed by atoms with van der Waals surface area (Å²) in [6.07, 6.45) is 1.76. The molecule has 31 heavy (non-hydrogen) atoms. The van der Waals surface area contributed by atoms with Crippen LogP contribution in [-0.2, 0) is 4.79 Å². The number of amidine groups is 1. The van der Waals surface area contributed by atoms with Gasteiger partial charge in [0.05, 0.1) is 35.9 Å². The van der Waals surface area contributed by atoms with Gasteiger partial charge in [-0.3, -0.25) is 9.69 Å². The van der Waals surface area contributed by atoms with Crippen LogP contribution in [0.15, 0.2) is 46.3 Å². The maximum atomic E-state index is 13.0. The quantitative estimate of drug-likeness (QED) is 0.468. The second kappa shape index (κ2) is 10.6. The van der Waals surface area contributed by atoms with Gasteiger partial charge in [0.25, 0.3) is 5.91 Å². The predicted molar refractivity (Wildman–Crippen MR) is 127 cm³/mol. The van der Waals surface area contributed by atoms with Gasteiger partial charge in [-0.1, -0.05) is 11.6 Å². The number of hydrogen-bond acceptors (Lipinski definition) is 6. The maximum absolute atomic E-state index is 13.0. The van der Waals surface area contributed by atoms with Crippen LogP contribution in [0, 0.1) is 0 Å². The van der Waals surface area contributed by atoms with Crippen molar-refractivity contribution in [2.75, 3.05) is 26.9 Å². The van der Waals surface area contributed by atoms with Crippen molar-refractivity contribution in [3.63, 3.8) is 0 Å². The molecule has 1 aliphatic heterocycles. The Kier molecular flexibility index (Phi) is 7.87. The average molecular weight is 461 g/mol. The van der Waals surface area contributed by atoms with Crippen LogP contribution >= 0.6 is 23.4 Å². The normalized spacial score (nSPS) is 16.3. The van der Waals surface area contributed by atoms with E-state index >= 15 is 0 Å². The monoisotopic (exact) mass is 460 g/mol. The summed E-state index contributed by atoms with van der Waals surface area (Å²) in [5, 5.41) is 1.10. The molecular weight excluding hydrogens is 436 g/mol. The van der Waals surface area contributed by atoms with Gasteiger partial charge in [-0.25, -0.2) is 4.99 Å². The molecule has 1 heterocycles. The first kappa shape index (κ1) is 23.0. The van der Waals surface area contributed by atoms with Crippen LogP contribution in [-0.4, -0.2) is 42.8 Å². The summed E-state index contributed by atoms with van der Waals surface area (Å²) in [5.74, 6) is 1.80. The number of rotatable bonds is 8. The Hall–Kier alpha value is -2.64. The van der Waals surface area contributed by atoms with E-state index in [1.165, 1.54) is 11.8 Å². The first-order valence-corrected chi connectivity index (χ1v) is 11.2. The maximum Gasteiger partial charge on any atom is 0.266 e. The third-order valence-electron chi connectivity index (χ3n) is 4.45. The highest BCUT2D eigenvalue weighted by Gasteiger charge is 2.32. The summed E-state index contributed by atoms with van der Waals surface area (Å²) in [6, 6.07) is 10.9. The van der Waals surface area contributed by atoms with Crippen molar-refractivity contribution >= 4 is 46.2 Å². The predicted octanol–water partition coefficient (Wildman–Crippen LogP) is 5.77. The molecule has 2 aromatic rings. The third-order valence-corrected chi connectivity index (χ3v) is 5.78. The van der Waals surface area contributed by atoms with E-state index < -0.39 is 0 Å². The summed E-state index contributed by atoms with van der Waals surface area (Å²) in [4.78, 5) is 19.8. The molecule has 0 bridgehead atoms. The molecule has 1 saturated heterocycles. The van der Waals surface area contributed by atoms with Crippen LogP contribution in [0.4, 0.5) is 5.69 Å². The molecular formula is C23H25ClN2O4S. The van der Waals surface area contributed by atoms with Gasteiger partial charge in [0.2, 0.25) is 0 Å². The molecule has 1 aliphatic rings. The summed E-state index contributed by atoms with van der Waals surface area (Å²) in [5.41, 5.74) is 1.43. The second-order valence-corrected chi connectivity index (χ2v) is 7.86. The van der Waals surface area contributed by atoms with Gasteiger partial charge in [0.15, 0.2) is 16.7 Å². The molecule has 0 aliphatic carbocycles. The van der Waals surface area contributed by atoms with E-state index in [2.05, 4.69) is 4.99 Å². The van der Waals surface area contributed by atoms with Gasteiger partial charge in [-0.2, -0.15) is 0 Å². The largest absolute Gasteiger partial charge is 0.494 e. The Balaban J connectivity index is 1.91. The van der Waals surface area contributed by atoms with Gasteiger partial charge < -0.3 is 14.2 Å². The van der Waals surface area contributed by atoms with Crippen molar-refractivity contribution in [1.82, 2.24) is 4.90 Å². The molecule has 1 fully saturated rings. The third kappa shape index (κ3) is 5.35. The molecule has 0 unspecified atom stereocenters. The minimum Gasteiger partial charge on any atom is -0.494 e. The topological polar surface area (TPSA) is 60.4 Å². The van der Waals surface area contributed by atoms with Gasteiger partial charge in [-0.15, -0.1) is 0 Å². The molecule has 0 N–H and O–H groups in total. The Bertz CT molecular complexity index is 1010. The number of carbonyl (C=O) groups is 1. The minimum absolute atomic E-state index is 0.110. The lowest BCUT2D eigenvalue weighted by molar-refractivity contribution is -0.122. The highest BCUT2D eigenvalue weighted by molar-refractivity contribution is 8.18. The molecule has 0 spiro atoms. The van der Waals surface area contributed by atoms with Crippen LogP contribution in [0.5, 0.6) is 17.2 Å². The first-order chi connectivity index (χ1) is 15.0. The van der Waals surface area contributed by atoms with E-state index in [0.717, 1.165) is 11.4 Å². The van der Waals surface area contributed by atoms with Crippen LogP contribution < -0.4 is 14.2 Å². The van der Waals surface area contributed by atoms with E-state index in [-0.39, 0.29) is 5.91 Å². The Morgan fingerprint density at radius 2 is 1.77 bits per heavy atom. The van der Waals surface area contributed by atoms with Crippen molar-refractivity contribution in [3.05, 3.63) is 51.9 Å². The molecule has 0 aromatic heterocycles. The number of methoxy groups -OCH3 is 1. The van der Waals surface area contributed by atoms with Crippen LogP contribution in [0.25, 0.3) is 6.08 Å². The number of aliphatic imine (C=N–C) groups is 1. The van der Waals surface area contributed by atoms with E-state index in [1.807, 2.05) is 45.0 Å². The van der Waals surface area contributed by atoms with Crippen molar-refractivity contribution in [2.45, 2.75) is 20.8 Å². The van der Waals surface area contributed by atoms with Crippen molar-refractivity contribution < 1.29 is 19.0 Å². The molecule has 164 valence electrons. The Labute approximate surface area is 191 Å². The van der Waals surface area contributed by atoms with Gasteiger partial charge >= 0.3 is 0 Å². The number of thioether (sulfide) groups is 1. The summed E-state index contributed by atoms with van der Waals surface area (Å²) in [7, 11) is 1.57. The number of halogens is 1. The zero-order chi connectivity index (χ0) is 22.4. The van der Waals surface area contributed by atoms with E-state index in [4.69, 9.17) is 25.8 Å². The zero-order valence-corrected chi connectivity index (χ0v) is 19.5. The fraction of sp³-hybridized carbons (Fsp3) is 0.304. The van der Waals surface area contributed by atoms with E-state index in [9.17, 15) is 4.79 Å². The smallest absolute Gasteiger partial charge is 0.266 e. The summed E-state index contributed by atoms with van der Waals surface area (Å²) < 4.78 is 16.4. The van der Waals surface area contributed by atoms with Crippen LogP contribution in [0.1, 0.15) is 26.3 Å². The first-order valence-electron chi connectivity index (χ1n) is 10.0. The van der Waals surface area contributed by atoms with E-state index in [1.54, 1.807) is 30.2 Å². The number of ether oxygens (including phenoxy) is 3. The van der Waals surface area contributed by atoms with Gasteiger partial charge in [0, 0.05) is 12.6 Å². The van der Waals surface area contributed by atoms with Gasteiger partial charge in [-0.05, 0) is 74.5 Å². The molecule has 8 heteroatoms. The molecule has 2 aromatic carbocycles. The second-order valence-electron chi connectivity index (χ2n) is 6.44. The summed E-state index contributed by atoms with van der Waals surface area (Å²) >= 11 is 7.76. The minimum atomic E-state index is -0.110. The standard InChI is InChI=1S/C23H25ClN2O4S/c1-5-26-22(27)21(13-15-12-19(28-4)20(30-7-3)14-18(15)24)31-23(26)25-16-8-10-17(11-9-16)29-6-2/h8-14H,5-7H2,1-4H3. The lowest BCUT2D eigenvalue weighted by Crippen LogP contribution is -2.28. The van der Waals surface area contributed by atoms with Crippen LogP contribution in [0.3, 0.4) is 0 Å². The number of nitrogens with zero attached hydrogens (tertiary/aromatic N) is 2. The Morgan fingerprint density at radius 3 is 2.39 bits per heavy atom. The molecule has 0 atom stereocenters. The molecule has 6 nitrogen and oxygen atoms in total. The number of carbonyl (C=O) groups excluding carboxylic acids is 1. The van der Waals surface area contributed by atoms with Gasteiger partial charge in [0.1, 0.15) is 5.75 Å². The number of likely N-dealkylation sites (N-methyl/N-ethyl adjacent to an activating group) is 1. The van der Waals surface area contributed by atoms with Crippen molar-refractivity contribution in [1.29, 1.82) is 0 Å². The van der Waals surface area contributed by atoms with Crippen LogP contribution in [0.2, 0.25) is 5.02 Å². The van der Waals surface area contributed by atoms with Crippen molar-refractivity contribution in [2.24, 2.45) is 4.99 Å². The zero-order valence-electron chi connectivity index (χ0n) is 18.0. The lowest BCUT2D eigenvalue weighted by atomic mass is 10.1. The highest BCUT2D eigenvalue weighted by Crippen LogP contribution is 2.38. The summed E-state index contributed by atoms with van der Waals surface area (Å²) in [6.45, 7) is 7.37. The van der Waals surface area contributed by atoms with E-state index in [0.29, 0.717) is 51.9 Å². The molecule has 1 amide bonds. The average Bonchev–Trinajstić information content (AvgIpc) is 3.05. The molecule has 3 rings (SSSR count). The number of benzene rings is 2. The number of amides is 1.